The van der Waals surface area contributed by atoms with Crippen LogP contribution in [0.3, 0.4) is 0 Å². The summed E-state index contributed by atoms with van der Waals surface area (Å²) in [4.78, 5) is 0. The number of rotatable bonds is 1. The molecule has 1 saturated heterocycles. The third-order valence-corrected chi connectivity index (χ3v) is 3.80. The van der Waals surface area contributed by atoms with E-state index in [0.29, 0.717) is 6.04 Å². The first kappa shape index (κ1) is 11.1. The van der Waals surface area contributed by atoms with Gasteiger partial charge in [0, 0.05) is 11.1 Å². The summed E-state index contributed by atoms with van der Waals surface area (Å²) in [6.07, 6.45) is 3.86. The van der Waals surface area contributed by atoms with Crippen LogP contribution in [0.25, 0.3) is 10.8 Å². The molecule has 1 atom stereocenters. The minimum absolute atomic E-state index is 0.508. The van der Waals surface area contributed by atoms with Crippen LogP contribution in [-0.4, -0.2) is 6.54 Å². The monoisotopic (exact) mass is 245 g/mol. The van der Waals surface area contributed by atoms with Crippen LogP contribution in [0, 0.1) is 0 Å². The smallest absolute Gasteiger partial charge is 0.0412 e. The van der Waals surface area contributed by atoms with Gasteiger partial charge in [0.1, 0.15) is 0 Å². The summed E-state index contributed by atoms with van der Waals surface area (Å²) < 4.78 is 0. The molecule has 0 aliphatic carbocycles. The molecule has 0 aromatic heterocycles. The molecular formula is C15H16ClN. The first-order valence-corrected chi connectivity index (χ1v) is 6.64. The lowest BCUT2D eigenvalue weighted by Crippen LogP contribution is -2.26. The first-order chi connectivity index (χ1) is 8.34. The van der Waals surface area contributed by atoms with Gasteiger partial charge in [0.15, 0.2) is 0 Å². The van der Waals surface area contributed by atoms with Gasteiger partial charge in [-0.15, -0.1) is 0 Å². The lowest BCUT2D eigenvalue weighted by atomic mass is 9.93. The van der Waals surface area contributed by atoms with Crippen molar-refractivity contribution in [1.29, 1.82) is 0 Å². The Labute approximate surface area is 107 Å². The number of hydrogen-bond acceptors (Lipinski definition) is 1. The van der Waals surface area contributed by atoms with Crippen molar-refractivity contribution in [3.8, 4) is 0 Å². The Morgan fingerprint density at radius 2 is 2.06 bits per heavy atom. The molecule has 88 valence electrons. The summed E-state index contributed by atoms with van der Waals surface area (Å²) >= 11 is 6.04. The van der Waals surface area contributed by atoms with Crippen LogP contribution in [0.2, 0.25) is 5.02 Å². The van der Waals surface area contributed by atoms with Gasteiger partial charge < -0.3 is 5.32 Å². The zero-order chi connectivity index (χ0) is 11.7. The Balaban J connectivity index is 2.09. The molecule has 0 spiro atoms. The highest BCUT2D eigenvalue weighted by molar-refractivity contribution is 6.31. The Morgan fingerprint density at radius 1 is 1.12 bits per heavy atom. The largest absolute Gasteiger partial charge is 0.310 e. The number of benzene rings is 2. The van der Waals surface area contributed by atoms with Crippen LogP contribution in [-0.2, 0) is 0 Å². The molecule has 1 fully saturated rings. The number of fused-ring (bicyclic) bond motifs is 1. The van der Waals surface area contributed by atoms with E-state index in [-0.39, 0.29) is 0 Å². The van der Waals surface area contributed by atoms with Gasteiger partial charge in [-0.25, -0.2) is 0 Å². The maximum absolute atomic E-state index is 6.04. The number of nitrogens with one attached hydrogen (secondary N) is 1. The summed E-state index contributed by atoms with van der Waals surface area (Å²) in [5.74, 6) is 0. The zero-order valence-corrected chi connectivity index (χ0v) is 10.5. The van der Waals surface area contributed by atoms with Gasteiger partial charge in [0.2, 0.25) is 0 Å². The van der Waals surface area contributed by atoms with Crippen molar-refractivity contribution in [3.63, 3.8) is 0 Å². The molecular weight excluding hydrogens is 230 g/mol. The van der Waals surface area contributed by atoms with Crippen molar-refractivity contribution >= 4 is 22.4 Å². The van der Waals surface area contributed by atoms with Crippen LogP contribution >= 0.6 is 11.6 Å². The van der Waals surface area contributed by atoms with Gasteiger partial charge >= 0.3 is 0 Å². The van der Waals surface area contributed by atoms with Crippen molar-refractivity contribution in [2.24, 2.45) is 0 Å². The van der Waals surface area contributed by atoms with Crippen molar-refractivity contribution < 1.29 is 0 Å². The lowest BCUT2D eigenvalue weighted by Gasteiger charge is -2.25. The van der Waals surface area contributed by atoms with Crippen LogP contribution in [0.15, 0.2) is 36.4 Å². The quantitative estimate of drug-likeness (QED) is 0.790. The van der Waals surface area contributed by atoms with E-state index in [0.717, 1.165) is 11.6 Å². The standard InChI is InChI=1S/C15H16ClN/c16-12-7-8-13-11(10-12)4-3-5-14(13)15-6-1-2-9-17-15/h3-5,7-8,10,15,17H,1-2,6,9H2. The number of halogens is 1. The second-order valence-electron chi connectivity index (χ2n) is 4.72. The molecule has 0 amide bonds. The van der Waals surface area contributed by atoms with Gasteiger partial charge in [-0.2, -0.15) is 0 Å². The fourth-order valence-electron chi connectivity index (χ4n) is 2.70. The molecule has 17 heavy (non-hydrogen) atoms. The van der Waals surface area contributed by atoms with E-state index in [2.05, 4.69) is 29.6 Å². The summed E-state index contributed by atoms with van der Waals surface area (Å²) in [6.45, 7) is 1.13. The highest BCUT2D eigenvalue weighted by atomic mass is 35.5. The zero-order valence-electron chi connectivity index (χ0n) is 9.75. The molecule has 1 N–H and O–H groups in total. The molecule has 2 heteroatoms. The van der Waals surface area contributed by atoms with E-state index in [9.17, 15) is 0 Å². The van der Waals surface area contributed by atoms with Gasteiger partial charge in [-0.1, -0.05) is 42.3 Å². The SMILES string of the molecule is Clc1ccc2c(C3CCCCN3)cccc2c1. The summed E-state index contributed by atoms with van der Waals surface area (Å²) in [7, 11) is 0. The lowest BCUT2D eigenvalue weighted by molar-refractivity contribution is 0.414. The Hall–Kier alpha value is -1.05. The molecule has 1 unspecified atom stereocenters. The normalized spacial score (nSPS) is 20.6. The van der Waals surface area contributed by atoms with Crippen molar-refractivity contribution in [2.45, 2.75) is 25.3 Å². The van der Waals surface area contributed by atoms with Gasteiger partial charge in [0.05, 0.1) is 0 Å². The third-order valence-electron chi connectivity index (χ3n) is 3.56. The molecule has 0 radical (unpaired) electrons. The molecule has 1 heterocycles. The minimum atomic E-state index is 0.508. The summed E-state index contributed by atoms with van der Waals surface area (Å²) in [5.41, 5.74) is 1.42. The Kier molecular flexibility index (Phi) is 3.04. The van der Waals surface area contributed by atoms with Crippen LogP contribution in [0.5, 0.6) is 0 Å². The van der Waals surface area contributed by atoms with Crippen molar-refractivity contribution in [2.75, 3.05) is 6.54 Å². The molecule has 1 nitrogen and oxygen atoms in total. The summed E-state index contributed by atoms with van der Waals surface area (Å²) in [5, 5.41) is 6.99. The Bertz CT molecular complexity index is 529. The average Bonchev–Trinajstić information content (AvgIpc) is 2.39. The molecule has 1 aliphatic rings. The number of piperidine rings is 1. The Morgan fingerprint density at radius 3 is 2.88 bits per heavy atom. The molecule has 2 aromatic carbocycles. The molecule has 3 rings (SSSR count). The van der Waals surface area contributed by atoms with E-state index < -0.39 is 0 Å². The summed E-state index contributed by atoms with van der Waals surface area (Å²) in [6, 6.07) is 13.2. The third kappa shape index (κ3) is 2.18. The molecule has 0 bridgehead atoms. The van der Waals surface area contributed by atoms with E-state index in [4.69, 9.17) is 11.6 Å². The van der Waals surface area contributed by atoms with Gasteiger partial charge in [-0.3, -0.25) is 0 Å². The second-order valence-corrected chi connectivity index (χ2v) is 5.15. The number of hydrogen-bond donors (Lipinski definition) is 1. The van der Waals surface area contributed by atoms with E-state index in [1.165, 1.54) is 35.6 Å². The van der Waals surface area contributed by atoms with Crippen molar-refractivity contribution in [1.82, 2.24) is 5.32 Å². The van der Waals surface area contributed by atoms with Crippen LogP contribution in [0.1, 0.15) is 30.9 Å². The second kappa shape index (κ2) is 4.67. The maximum Gasteiger partial charge on any atom is 0.0412 e. The molecule has 1 aliphatic heterocycles. The topological polar surface area (TPSA) is 12.0 Å². The van der Waals surface area contributed by atoms with E-state index in [1.807, 2.05) is 12.1 Å². The van der Waals surface area contributed by atoms with Crippen LogP contribution in [0.4, 0.5) is 0 Å². The highest BCUT2D eigenvalue weighted by Crippen LogP contribution is 2.30. The van der Waals surface area contributed by atoms with Gasteiger partial charge in [0.25, 0.3) is 0 Å². The minimum Gasteiger partial charge on any atom is -0.310 e. The van der Waals surface area contributed by atoms with Gasteiger partial charge in [-0.05, 0) is 47.9 Å². The fraction of sp³-hybridized carbons (Fsp3) is 0.333. The van der Waals surface area contributed by atoms with E-state index in [1.54, 1.807) is 0 Å². The fourth-order valence-corrected chi connectivity index (χ4v) is 2.88. The predicted molar refractivity (Wildman–Crippen MR) is 73.6 cm³/mol. The van der Waals surface area contributed by atoms with Crippen LogP contribution < -0.4 is 5.32 Å². The maximum atomic E-state index is 6.04. The predicted octanol–water partition coefficient (Wildman–Crippen LogP) is 4.31. The average molecular weight is 246 g/mol. The molecule has 2 aromatic rings. The molecule has 0 saturated carbocycles. The highest BCUT2D eigenvalue weighted by Gasteiger charge is 2.16. The van der Waals surface area contributed by atoms with Crippen molar-refractivity contribution in [3.05, 3.63) is 47.0 Å². The first-order valence-electron chi connectivity index (χ1n) is 6.26. The van der Waals surface area contributed by atoms with E-state index >= 15 is 0 Å².